The number of halogens is 1. The van der Waals surface area contributed by atoms with Crippen LogP contribution in [0.3, 0.4) is 0 Å². The number of aryl methyl sites for hydroxylation is 1. The van der Waals surface area contributed by atoms with Crippen LogP contribution in [0.2, 0.25) is 0 Å². The fourth-order valence-corrected chi connectivity index (χ4v) is 4.85. The summed E-state index contributed by atoms with van der Waals surface area (Å²) >= 11 is -0.529. The number of carbonyl (C=O) groups excluding carboxylic acids is 2. The molecule has 1 saturated carbocycles. The topological polar surface area (TPSA) is 34.1 Å². The summed E-state index contributed by atoms with van der Waals surface area (Å²) in [5.74, 6) is 0.314. The zero-order chi connectivity index (χ0) is 13.3. The fourth-order valence-electron chi connectivity index (χ4n) is 2.22. The summed E-state index contributed by atoms with van der Waals surface area (Å²) in [6.07, 6.45) is 1.10. The summed E-state index contributed by atoms with van der Waals surface area (Å²) in [6, 6.07) is 8.22. The Morgan fingerprint density at radius 1 is 1.06 bits per heavy atom. The van der Waals surface area contributed by atoms with Crippen LogP contribution in [0.1, 0.15) is 32.3 Å². The molecule has 0 aliphatic heterocycles. The first-order chi connectivity index (χ1) is 8.37. The molecule has 0 N–H and O–H groups in total. The van der Waals surface area contributed by atoms with Gasteiger partial charge in [0, 0.05) is 12.8 Å². The Kier molecular flexibility index (Phi) is 3.90. The number of ketones is 2. The van der Waals surface area contributed by atoms with Gasteiger partial charge in [0.05, 0.1) is 0 Å². The van der Waals surface area contributed by atoms with E-state index in [9.17, 15) is 9.59 Å². The molecule has 0 radical (unpaired) electrons. The van der Waals surface area contributed by atoms with Gasteiger partial charge in [0.25, 0.3) is 3.92 Å². The molecule has 0 spiro atoms. The van der Waals surface area contributed by atoms with Crippen LogP contribution in [-0.2, 0) is 9.59 Å². The molecule has 0 heterocycles. The van der Waals surface area contributed by atoms with E-state index in [2.05, 4.69) is 24.3 Å². The lowest BCUT2D eigenvalue weighted by molar-refractivity contribution is -0.637. The summed E-state index contributed by atoms with van der Waals surface area (Å²) in [4.78, 5) is 24.2. The molecule has 2 nitrogen and oxygen atoms in total. The third-order valence-corrected chi connectivity index (χ3v) is 6.57. The van der Waals surface area contributed by atoms with Crippen LogP contribution in [0.15, 0.2) is 24.3 Å². The Morgan fingerprint density at radius 3 is 2.06 bits per heavy atom. The number of hydrogen-bond donors (Lipinski definition) is 0. The van der Waals surface area contributed by atoms with Gasteiger partial charge in [0.15, 0.2) is 15.1 Å². The average Bonchev–Trinajstić information content (AvgIpc) is 2.24. The van der Waals surface area contributed by atoms with Crippen LogP contribution in [0.25, 0.3) is 0 Å². The van der Waals surface area contributed by atoms with E-state index in [0.717, 1.165) is 0 Å². The van der Waals surface area contributed by atoms with E-state index in [-0.39, 0.29) is 20.9 Å². The van der Waals surface area contributed by atoms with Gasteiger partial charge < -0.3 is 0 Å². The fraction of sp³-hybridized carbons (Fsp3) is 0.467. The van der Waals surface area contributed by atoms with Crippen molar-refractivity contribution in [1.29, 1.82) is 0 Å². The second kappa shape index (κ2) is 5.11. The quantitative estimate of drug-likeness (QED) is 0.410. The van der Waals surface area contributed by atoms with E-state index in [1.54, 1.807) is 0 Å². The molecule has 0 saturated heterocycles. The van der Waals surface area contributed by atoms with Crippen molar-refractivity contribution in [3.05, 3.63) is 33.4 Å². The lowest BCUT2D eigenvalue weighted by Gasteiger charge is -2.27. The Bertz CT molecular complexity index is 454. The van der Waals surface area contributed by atoms with Gasteiger partial charge in [-0.15, -0.1) is 0 Å². The van der Waals surface area contributed by atoms with Crippen LogP contribution >= 0.6 is 0 Å². The van der Waals surface area contributed by atoms with Crippen molar-refractivity contribution in [2.75, 3.05) is 0 Å². The molecule has 1 aliphatic carbocycles. The largest absolute Gasteiger partial charge is 0.333 e. The molecule has 0 unspecified atom stereocenters. The first-order valence-electron chi connectivity index (χ1n) is 6.13. The van der Waals surface area contributed by atoms with E-state index < -0.39 is 21.2 Å². The Hall–Kier alpha value is -0.710. The van der Waals surface area contributed by atoms with Crippen molar-refractivity contribution in [1.82, 2.24) is 0 Å². The zero-order valence-corrected chi connectivity index (χ0v) is 13.2. The van der Waals surface area contributed by atoms with Crippen LogP contribution in [-0.4, -0.2) is 15.5 Å². The maximum Gasteiger partial charge on any atom is 0.333 e. The van der Waals surface area contributed by atoms with Crippen LogP contribution in [0.4, 0.5) is 0 Å². The summed E-state index contributed by atoms with van der Waals surface area (Å²) in [5, 5.41) is 0. The maximum atomic E-state index is 12.1. The SMILES string of the molecule is Cc1ccc([I+]C2C(=O)CC(C)(C)CC2=O)cc1. The monoisotopic (exact) mass is 357 g/mol. The molecule has 1 aromatic carbocycles. The molecule has 96 valence electrons. The average molecular weight is 357 g/mol. The number of hydrogen-bond acceptors (Lipinski definition) is 2. The molecular formula is C15H18IO2+. The summed E-state index contributed by atoms with van der Waals surface area (Å²) in [6.45, 7) is 6.05. The molecule has 3 heteroatoms. The first kappa shape index (κ1) is 13.7. The highest BCUT2D eigenvalue weighted by Gasteiger charge is 2.47. The minimum atomic E-state index is -0.529. The second-order valence-corrected chi connectivity index (χ2v) is 8.83. The minimum absolute atomic E-state index is 0.137. The number of rotatable bonds is 2. The summed E-state index contributed by atoms with van der Waals surface area (Å²) in [5.41, 5.74) is 1.08. The van der Waals surface area contributed by atoms with Crippen molar-refractivity contribution in [2.45, 2.75) is 37.5 Å². The third kappa shape index (κ3) is 3.19. The number of carbonyl (C=O) groups is 2. The Morgan fingerprint density at radius 2 is 1.56 bits per heavy atom. The zero-order valence-electron chi connectivity index (χ0n) is 11.0. The van der Waals surface area contributed by atoms with E-state index in [1.165, 1.54) is 9.13 Å². The maximum absolute atomic E-state index is 12.1. The van der Waals surface area contributed by atoms with Crippen LogP contribution < -0.4 is 21.2 Å². The molecule has 18 heavy (non-hydrogen) atoms. The van der Waals surface area contributed by atoms with Crippen molar-refractivity contribution in [3.8, 4) is 0 Å². The second-order valence-electron chi connectivity index (χ2n) is 5.72. The van der Waals surface area contributed by atoms with Gasteiger partial charge in [0.1, 0.15) is 0 Å². The molecule has 0 amide bonds. The lowest BCUT2D eigenvalue weighted by Crippen LogP contribution is -3.66. The van der Waals surface area contributed by atoms with Gasteiger partial charge in [-0.2, -0.15) is 0 Å². The van der Waals surface area contributed by atoms with Gasteiger partial charge in [-0.3, -0.25) is 9.59 Å². The number of Topliss-reactive ketones (excluding diaryl/α,β-unsaturated/α-hetero) is 2. The molecule has 1 aliphatic rings. The van der Waals surface area contributed by atoms with Crippen LogP contribution in [0.5, 0.6) is 0 Å². The van der Waals surface area contributed by atoms with Gasteiger partial charge in [0.2, 0.25) is 0 Å². The smallest absolute Gasteiger partial charge is 0.294 e. The Balaban J connectivity index is 2.12. The molecule has 0 bridgehead atoms. The standard InChI is InChI=1S/C15H18IO2/c1-10-4-6-11(7-5-10)16-14-12(17)8-15(2,3)9-13(14)18/h4-7,14H,8-9H2,1-3H3/q+1. The third-order valence-electron chi connectivity index (χ3n) is 3.12. The predicted molar refractivity (Wildman–Crippen MR) is 66.7 cm³/mol. The van der Waals surface area contributed by atoms with Crippen molar-refractivity contribution in [3.63, 3.8) is 0 Å². The Labute approximate surface area is 118 Å². The van der Waals surface area contributed by atoms with Crippen molar-refractivity contribution >= 4 is 11.6 Å². The lowest BCUT2D eigenvalue weighted by atomic mass is 9.76. The summed E-state index contributed by atoms with van der Waals surface area (Å²) < 4.78 is 0.880. The highest BCUT2D eigenvalue weighted by molar-refractivity contribution is 6.07. The summed E-state index contributed by atoms with van der Waals surface area (Å²) in [7, 11) is 0. The van der Waals surface area contributed by atoms with E-state index >= 15 is 0 Å². The van der Waals surface area contributed by atoms with Gasteiger partial charge >= 0.3 is 21.2 Å². The molecular weight excluding hydrogens is 339 g/mol. The van der Waals surface area contributed by atoms with Gasteiger partial charge in [-0.1, -0.05) is 31.5 Å². The van der Waals surface area contributed by atoms with E-state index in [4.69, 9.17) is 0 Å². The van der Waals surface area contributed by atoms with E-state index in [1.807, 2.05) is 20.8 Å². The number of benzene rings is 1. The minimum Gasteiger partial charge on any atom is -0.294 e. The highest BCUT2D eigenvalue weighted by atomic mass is 127. The molecule has 0 aromatic heterocycles. The van der Waals surface area contributed by atoms with Crippen molar-refractivity contribution in [2.24, 2.45) is 5.41 Å². The molecule has 2 rings (SSSR count). The predicted octanol–water partition coefficient (Wildman–Crippen LogP) is -0.420. The number of alkyl halides is 1. The molecule has 1 aromatic rings. The molecule has 0 atom stereocenters. The van der Waals surface area contributed by atoms with Crippen LogP contribution in [0, 0.1) is 15.9 Å². The first-order valence-corrected chi connectivity index (χ1v) is 8.45. The molecule has 1 fully saturated rings. The highest BCUT2D eigenvalue weighted by Crippen LogP contribution is 2.30. The van der Waals surface area contributed by atoms with E-state index in [0.29, 0.717) is 12.8 Å². The normalized spacial score (nSPS) is 20.2. The van der Waals surface area contributed by atoms with Crippen molar-refractivity contribution < 1.29 is 30.8 Å². The van der Waals surface area contributed by atoms with Gasteiger partial charge in [-0.25, -0.2) is 0 Å². The van der Waals surface area contributed by atoms with Gasteiger partial charge in [-0.05, 0) is 24.5 Å².